The van der Waals surface area contributed by atoms with Crippen molar-refractivity contribution in [3.8, 4) is 5.75 Å². The number of aromatic hydroxyl groups is 1. The Balaban J connectivity index is 2.06. The number of barbiturate groups is 1. The number of hydrogen-bond acceptors (Lipinski definition) is 4. The van der Waals surface area contributed by atoms with Crippen LogP contribution < -0.4 is 10.2 Å². The van der Waals surface area contributed by atoms with Gasteiger partial charge in [0.15, 0.2) is 0 Å². The van der Waals surface area contributed by atoms with E-state index in [4.69, 9.17) is 0 Å². The van der Waals surface area contributed by atoms with Crippen molar-refractivity contribution in [2.75, 3.05) is 4.90 Å². The summed E-state index contributed by atoms with van der Waals surface area (Å²) < 4.78 is 0.991. The van der Waals surface area contributed by atoms with E-state index in [1.165, 1.54) is 6.08 Å². The summed E-state index contributed by atoms with van der Waals surface area (Å²) in [7, 11) is 0. The first-order chi connectivity index (χ1) is 12.3. The molecule has 0 unspecified atom stereocenters. The van der Waals surface area contributed by atoms with Crippen molar-refractivity contribution in [2.45, 2.75) is 6.92 Å². The third-order valence-electron chi connectivity index (χ3n) is 3.71. The van der Waals surface area contributed by atoms with Crippen LogP contribution >= 0.6 is 38.5 Å². The molecule has 26 heavy (non-hydrogen) atoms. The number of urea groups is 1. The minimum absolute atomic E-state index is 0.0729. The summed E-state index contributed by atoms with van der Waals surface area (Å²) in [4.78, 5) is 38.1. The van der Waals surface area contributed by atoms with Crippen LogP contribution in [-0.2, 0) is 9.59 Å². The maximum Gasteiger partial charge on any atom is 0.335 e. The summed E-state index contributed by atoms with van der Waals surface area (Å²) in [6, 6.07) is 9.30. The van der Waals surface area contributed by atoms with Crippen LogP contribution in [0.2, 0.25) is 0 Å². The normalized spacial score (nSPS) is 16.2. The van der Waals surface area contributed by atoms with E-state index in [0.717, 1.165) is 10.5 Å². The molecule has 0 aromatic heterocycles. The van der Waals surface area contributed by atoms with Crippen LogP contribution in [0.5, 0.6) is 5.75 Å². The molecule has 3 rings (SSSR count). The number of anilines is 1. The lowest BCUT2D eigenvalue weighted by atomic mass is 10.1. The number of hydrogen-bond donors (Lipinski definition) is 2. The first kappa shape index (κ1) is 18.6. The van der Waals surface area contributed by atoms with Gasteiger partial charge in [-0.15, -0.1) is 0 Å². The van der Waals surface area contributed by atoms with E-state index < -0.39 is 17.8 Å². The molecule has 0 spiro atoms. The van der Waals surface area contributed by atoms with E-state index in [9.17, 15) is 19.5 Å². The highest BCUT2D eigenvalue weighted by Gasteiger charge is 2.36. The quantitative estimate of drug-likeness (QED) is 0.354. The van der Waals surface area contributed by atoms with Gasteiger partial charge in [-0.1, -0.05) is 12.1 Å². The molecule has 4 amide bonds. The number of imide groups is 2. The third-order valence-corrected chi connectivity index (χ3v) is 5.14. The van der Waals surface area contributed by atoms with Gasteiger partial charge in [0.1, 0.15) is 11.3 Å². The Hall–Kier alpha value is -2.20. The third kappa shape index (κ3) is 3.51. The molecule has 1 fully saturated rings. The molecule has 1 aliphatic heterocycles. The number of amides is 4. The molecule has 0 atom stereocenters. The monoisotopic (exact) mass is 526 g/mol. The van der Waals surface area contributed by atoms with Gasteiger partial charge in [-0.25, -0.2) is 9.69 Å². The fraction of sp³-hybridized carbons (Fsp3) is 0.0556. The molecular formula is C18H12BrIN2O4. The van der Waals surface area contributed by atoms with Crippen LogP contribution in [-0.4, -0.2) is 23.0 Å². The van der Waals surface area contributed by atoms with E-state index in [2.05, 4.69) is 21.2 Å². The van der Waals surface area contributed by atoms with Gasteiger partial charge in [-0.3, -0.25) is 14.9 Å². The number of rotatable bonds is 2. The number of benzene rings is 2. The lowest BCUT2D eigenvalue weighted by Gasteiger charge is -2.26. The van der Waals surface area contributed by atoms with Crippen molar-refractivity contribution in [1.29, 1.82) is 0 Å². The van der Waals surface area contributed by atoms with Gasteiger partial charge in [0.05, 0.1) is 13.7 Å². The first-order valence-electron chi connectivity index (χ1n) is 7.44. The van der Waals surface area contributed by atoms with Crippen LogP contribution in [0.1, 0.15) is 11.1 Å². The molecule has 1 saturated heterocycles. The Bertz CT molecular complexity index is 964. The second-order valence-electron chi connectivity index (χ2n) is 5.63. The Labute approximate surface area is 171 Å². The summed E-state index contributed by atoms with van der Waals surface area (Å²) in [6.45, 7) is 1.84. The first-order valence-corrected chi connectivity index (χ1v) is 9.31. The van der Waals surface area contributed by atoms with E-state index in [1.807, 2.05) is 35.6 Å². The second kappa shape index (κ2) is 7.20. The number of phenolic OH excluding ortho intramolecular Hbond substituents is 1. The number of carbonyl (C=O) groups excluding carboxylic acids is 3. The number of nitrogens with zero attached hydrogens (tertiary/aromatic N) is 1. The van der Waals surface area contributed by atoms with E-state index in [0.29, 0.717) is 19.3 Å². The van der Waals surface area contributed by atoms with Crippen molar-refractivity contribution < 1.29 is 19.5 Å². The smallest absolute Gasteiger partial charge is 0.335 e. The predicted octanol–water partition coefficient (Wildman–Crippen LogP) is 3.73. The average molecular weight is 527 g/mol. The lowest BCUT2D eigenvalue weighted by Crippen LogP contribution is -2.54. The Kier molecular flexibility index (Phi) is 5.15. The summed E-state index contributed by atoms with van der Waals surface area (Å²) >= 11 is 5.17. The zero-order valence-electron chi connectivity index (χ0n) is 13.4. The summed E-state index contributed by atoms with van der Waals surface area (Å²) in [6.07, 6.45) is 1.39. The van der Waals surface area contributed by atoms with Gasteiger partial charge in [0.25, 0.3) is 11.8 Å². The topological polar surface area (TPSA) is 86.7 Å². The highest BCUT2D eigenvalue weighted by atomic mass is 127. The molecule has 132 valence electrons. The van der Waals surface area contributed by atoms with E-state index in [1.54, 1.807) is 30.3 Å². The van der Waals surface area contributed by atoms with E-state index >= 15 is 0 Å². The average Bonchev–Trinajstić information content (AvgIpc) is 2.56. The number of carbonyl (C=O) groups is 3. The zero-order valence-corrected chi connectivity index (χ0v) is 17.2. The zero-order chi connectivity index (χ0) is 19.0. The lowest BCUT2D eigenvalue weighted by molar-refractivity contribution is -0.122. The molecule has 0 bridgehead atoms. The minimum Gasteiger partial charge on any atom is -0.506 e. The molecular weight excluding hydrogens is 515 g/mol. The molecule has 1 aliphatic rings. The largest absolute Gasteiger partial charge is 0.506 e. The highest BCUT2D eigenvalue weighted by Crippen LogP contribution is 2.32. The van der Waals surface area contributed by atoms with Crippen molar-refractivity contribution >= 4 is 68.1 Å². The molecule has 0 aliphatic carbocycles. The SMILES string of the molecule is Cc1cccc(N2C(=O)NC(=O)/C(=C\c3cc(Br)c(O)c(I)c3)C2=O)c1. The maximum atomic E-state index is 12.8. The predicted molar refractivity (Wildman–Crippen MR) is 109 cm³/mol. The molecule has 8 heteroatoms. The number of halogens is 2. The van der Waals surface area contributed by atoms with Gasteiger partial charge < -0.3 is 5.11 Å². The van der Waals surface area contributed by atoms with E-state index in [-0.39, 0.29) is 11.3 Å². The van der Waals surface area contributed by atoms with Crippen LogP contribution in [0.3, 0.4) is 0 Å². The van der Waals surface area contributed by atoms with Crippen molar-refractivity contribution in [3.63, 3.8) is 0 Å². The number of aryl methyl sites for hydroxylation is 1. The molecule has 0 saturated carbocycles. The van der Waals surface area contributed by atoms with Gasteiger partial charge in [-0.05, 0) is 86.9 Å². The molecule has 0 radical (unpaired) electrons. The number of phenols is 1. The molecule has 2 aromatic rings. The molecule has 1 heterocycles. The molecule has 2 aromatic carbocycles. The van der Waals surface area contributed by atoms with Crippen molar-refractivity contribution in [2.24, 2.45) is 0 Å². The van der Waals surface area contributed by atoms with Crippen LogP contribution in [0, 0.1) is 10.5 Å². The minimum atomic E-state index is -0.788. The van der Waals surface area contributed by atoms with Crippen molar-refractivity contribution in [1.82, 2.24) is 5.32 Å². The maximum absolute atomic E-state index is 12.8. The Morgan fingerprint density at radius 2 is 1.92 bits per heavy atom. The van der Waals surface area contributed by atoms with Gasteiger partial charge >= 0.3 is 6.03 Å². The van der Waals surface area contributed by atoms with Gasteiger partial charge in [0.2, 0.25) is 0 Å². The van der Waals surface area contributed by atoms with Crippen molar-refractivity contribution in [3.05, 3.63) is 61.1 Å². The fourth-order valence-corrected chi connectivity index (χ4v) is 3.99. The molecule has 6 nitrogen and oxygen atoms in total. The standard InChI is InChI=1S/C18H12BrIN2O4/c1-9-3-2-4-11(5-9)22-17(25)12(16(24)21-18(22)26)6-10-7-13(19)15(23)14(20)8-10/h2-8,23H,1H3,(H,21,24,26)/b12-6+. The van der Waals surface area contributed by atoms with Crippen LogP contribution in [0.4, 0.5) is 10.5 Å². The summed E-state index contributed by atoms with van der Waals surface area (Å²) in [5, 5.41) is 12.0. The molecule has 2 N–H and O–H groups in total. The second-order valence-corrected chi connectivity index (χ2v) is 7.65. The van der Waals surface area contributed by atoms with Crippen LogP contribution in [0.25, 0.3) is 6.08 Å². The highest BCUT2D eigenvalue weighted by molar-refractivity contribution is 14.1. The summed E-state index contributed by atoms with van der Waals surface area (Å²) in [5.74, 6) is -1.39. The number of nitrogens with one attached hydrogen (secondary N) is 1. The van der Waals surface area contributed by atoms with Gasteiger partial charge in [0, 0.05) is 0 Å². The summed E-state index contributed by atoms with van der Waals surface area (Å²) in [5.41, 5.74) is 1.63. The van der Waals surface area contributed by atoms with Gasteiger partial charge in [-0.2, -0.15) is 0 Å². The Morgan fingerprint density at radius 1 is 1.19 bits per heavy atom. The van der Waals surface area contributed by atoms with Crippen LogP contribution in [0.15, 0.2) is 46.4 Å². The Morgan fingerprint density at radius 3 is 2.58 bits per heavy atom. The fourth-order valence-electron chi connectivity index (χ4n) is 2.49.